The van der Waals surface area contributed by atoms with E-state index >= 15 is 0 Å². The maximum absolute atomic E-state index is 13.0. The maximum Gasteiger partial charge on any atom is 0.260 e. The summed E-state index contributed by atoms with van der Waals surface area (Å²) in [5, 5.41) is 7.37. The Hall–Kier alpha value is -2.06. The summed E-state index contributed by atoms with van der Waals surface area (Å²) in [4.78, 5) is 19.2. The van der Waals surface area contributed by atoms with Crippen molar-refractivity contribution in [3.8, 4) is 0 Å². The van der Waals surface area contributed by atoms with Gasteiger partial charge in [0.2, 0.25) is 0 Å². The molecule has 4 nitrogen and oxygen atoms in total. The van der Waals surface area contributed by atoms with Crippen LogP contribution in [-0.4, -0.2) is 28.1 Å². The number of nitrogens with one attached hydrogen (secondary N) is 1. The molecule has 0 atom stereocenters. The van der Waals surface area contributed by atoms with Gasteiger partial charge in [-0.05, 0) is 48.5 Å². The summed E-state index contributed by atoms with van der Waals surface area (Å²) in [6.45, 7) is 0.596. The summed E-state index contributed by atoms with van der Waals surface area (Å²) in [6, 6.07) is 10.9. The number of hydrogen-bond donors (Lipinski definition) is 1. The Morgan fingerprint density at radius 1 is 1.21 bits per heavy atom. The second-order valence-corrected chi connectivity index (χ2v) is 8.94. The number of benzene rings is 2. The molecule has 0 bridgehead atoms. The van der Waals surface area contributed by atoms with Crippen LogP contribution in [0.5, 0.6) is 0 Å². The third kappa shape index (κ3) is 4.75. The topological polar surface area (TPSA) is 45.2 Å². The Balaban J connectivity index is 1.52. The zero-order valence-corrected chi connectivity index (χ0v) is 18.0. The van der Waals surface area contributed by atoms with Crippen molar-refractivity contribution in [1.82, 2.24) is 9.88 Å². The maximum atomic E-state index is 13.0. The molecule has 148 valence electrons. The summed E-state index contributed by atoms with van der Waals surface area (Å²) in [7, 11) is 0. The minimum Gasteiger partial charge on any atom is -0.332 e. The molecular weight excluding hydrogens is 452 g/mol. The van der Waals surface area contributed by atoms with Crippen LogP contribution in [0.25, 0.3) is 6.08 Å². The van der Waals surface area contributed by atoms with Gasteiger partial charge in [0, 0.05) is 28.4 Å². The van der Waals surface area contributed by atoms with Gasteiger partial charge < -0.3 is 10.2 Å². The van der Waals surface area contributed by atoms with Crippen molar-refractivity contribution in [2.24, 2.45) is 0 Å². The molecule has 9 heteroatoms. The number of amides is 1. The minimum absolute atomic E-state index is 0.164. The van der Waals surface area contributed by atoms with Crippen molar-refractivity contribution in [3.63, 3.8) is 0 Å². The van der Waals surface area contributed by atoms with Crippen LogP contribution >= 0.6 is 46.3 Å². The second kappa shape index (κ2) is 8.75. The van der Waals surface area contributed by atoms with E-state index in [0.29, 0.717) is 27.3 Å². The van der Waals surface area contributed by atoms with Crippen LogP contribution in [-0.2, 0) is 0 Å². The van der Waals surface area contributed by atoms with E-state index in [1.165, 1.54) is 23.5 Å². The Kier molecular flexibility index (Phi) is 6.10. The summed E-state index contributed by atoms with van der Waals surface area (Å²) >= 11 is 15.2. The highest BCUT2D eigenvalue weighted by molar-refractivity contribution is 8.03. The van der Waals surface area contributed by atoms with E-state index in [2.05, 4.69) is 10.3 Å². The molecular formula is C20H14Cl2FN3OS2. The summed E-state index contributed by atoms with van der Waals surface area (Å²) in [6.07, 6.45) is 1.88. The fourth-order valence-electron chi connectivity index (χ4n) is 2.75. The van der Waals surface area contributed by atoms with E-state index in [0.717, 1.165) is 22.2 Å². The lowest BCUT2D eigenvalue weighted by molar-refractivity contribution is 0.0831. The smallest absolute Gasteiger partial charge is 0.260 e. The Bertz CT molecular complexity index is 1090. The number of halogens is 3. The molecule has 0 unspecified atom stereocenters. The van der Waals surface area contributed by atoms with Crippen LogP contribution in [0.4, 0.5) is 15.2 Å². The summed E-state index contributed by atoms with van der Waals surface area (Å²) in [5.74, 6) is 0.347. The number of carbonyl (C=O) groups is 1. The molecule has 1 N–H and O–H groups in total. The van der Waals surface area contributed by atoms with Crippen molar-refractivity contribution in [2.75, 3.05) is 17.6 Å². The van der Waals surface area contributed by atoms with E-state index in [-0.39, 0.29) is 11.7 Å². The molecule has 4 rings (SSSR count). The number of thiazole rings is 1. The van der Waals surface area contributed by atoms with Crippen molar-refractivity contribution < 1.29 is 9.18 Å². The van der Waals surface area contributed by atoms with E-state index in [1.54, 1.807) is 47.0 Å². The van der Waals surface area contributed by atoms with Gasteiger partial charge in [0.15, 0.2) is 5.13 Å². The lowest BCUT2D eigenvalue weighted by Gasteiger charge is -2.17. The molecule has 2 aromatic carbocycles. The molecule has 0 radical (unpaired) electrons. The average Bonchev–Trinajstić information content (AvgIpc) is 3.33. The van der Waals surface area contributed by atoms with E-state index in [4.69, 9.17) is 23.2 Å². The highest BCUT2D eigenvalue weighted by Gasteiger charge is 2.27. The number of rotatable bonds is 4. The molecule has 0 spiro atoms. The highest BCUT2D eigenvalue weighted by Crippen LogP contribution is 2.33. The average molecular weight is 466 g/mol. The molecule has 0 aliphatic carbocycles. The van der Waals surface area contributed by atoms with Crippen LogP contribution in [0.3, 0.4) is 0 Å². The van der Waals surface area contributed by atoms with Gasteiger partial charge in [-0.25, -0.2) is 9.37 Å². The molecule has 1 fully saturated rings. The Morgan fingerprint density at radius 3 is 2.76 bits per heavy atom. The summed E-state index contributed by atoms with van der Waals surface area (Å²) < 4.78 is 13.0. The summed E-state index contributed by atoms with van der Waals surface area (Å²) in [5.41, 5.74) is 1.91. The normalized spacial score (nSPS) is 15.1. The van der Waals surface area contributed by atoms with E-state index in [1.807, 2.05) is 11.5 Å². The molecule has 1 aliphatic rings. The standard InChI is InChI=1S/C20H14Cl2FN3OS2/c21-12-1-6-16(17(22)9-12)19(27)26-7-8-28-18(26)10-15-11-29-20(25-15)24-14-4-2-13(23)3-5-14/h1-6,9-11H,7-8H2,(H,24,25)/b18-10+. The van der Waals surface area contributed by atoms with Gasteiger partial charge in [-0.15, -0.1) is 23.1 Å². The lowest BCUT2D eigenvalue weighted by Crippen LogP contribution is -2.27. The fourth-order valence-corrected chi connectivity index (χ4v) is 4.95. The monoisotopic (exact) mass is 465 g/mol. The number of anilines is 2. The molecule has 2 heterocycles. The fraction of sp³-hybridized carbons (Fsp3) is 0.100. The first-order valence-electron chi connectivity index (χ1n) is 8.59. The molecule has 1 saturated heterocycles. The molecule has 1 amide bonds. The third-order valence-corrected chi connectivity index (χ3v) is 6.47. The van der Waals surface area contributed by atoms with Crippen molar-refractivity contribution in [1.29, 1.82) is 0 Å². The van der Waals surface area contributed by atoms with Gasteiger partial charge in [-0.1, -0.05) is 23.2 Å². The lowest BCUT2D eigenvalue weighted by atomic mass is 10.2. The number of nitrogens with zero attached hydrogens (tertiary/aromatic N) is 2. The highest BCUT2D eigenvalue weighted by atomic mass is 35.5. The van der Waals surface area contributed by atoms with Crippen molar-refractivity contribution in [3.05, 3.63) is 80.0 Å². The minimum atomic E-state index is -0.288. The van der Waals surface area contributed by atoms with Crippen molar-refractivity contribution >= 4 is 69.1 Å². The molecule has 3 aromatic rings. The number of thioether (sulfide) groups is 1. The van der Waals surface area contributed by atoms with Gasteiger partial charge in [-0.3, -0.25) is 4.79 Å². The van der Waals surface area contributed by atoms with Crippen LogP contribution in [0.1, 0.15) is 16.1 Å². The number of aromatic nitrogens is 1. The van der Waals surface area contributed by atoms with Gasteiger partial charge in [-0.2, -0.15) is 0 Å². The number of hydrogen-bond acceptors (Lipinski definition) is 5. The van der Waals surface area contributed by atoms with Crippen molar-refractivity contribution in [2.45, 2.75) is 0 Å². The van der Waals surface area contributed by atoms with Gasteiger partial charge in [0.05, 0.1) is 21.3 Å². The van der Waals surface area contributed by atoms with Crippen LogP contribution in [0.15, 0.2) is 52.9 Å². The van der Waals surface area contributed by atoms with Crippen LogP contribution in [0.2, 0.25) is 10.0 Å². The van der Waals surface area contributed by atoms with E-state index in [9.17, 15) is 9.18 Å². The van der Waals surface area contributed by atoms with Crippen LogP contribution < -0.4 is 5.32 Å². The van der Waals surface area contributed by atoms with E-state index < -0.39 is 0 Å². The second-order valence-electron chi connectivity index (χ2n) is 6.12. The zero-order valence-electron chi connectivity index (χ0n) is 14.9. The SMILES string of the molecule is O=C(c1ccc(Cl)cc1Cl)N1CCS/C1=C/c1csc(Nc2ccc(F)cc2)n1. The Labute approximate surface area is 185 Å². The first kappa shape index (κ1) is 20.2. The van der Waals surface area contributed by atoms with Crippen LogP contribution in [0, 0.1) is 5.82 Å². The first-order valence-corrected chi connectivity index (χ1v) is 11.2. The largest absolute Gasteiger partial charge is 0.332 e. The quantitative estimate of drug-likeness (QED) is 0.476. The number of carbonyl (C=O) groups excluding carboxylic acids is 1. The predicted molar refractivity (Wildman–Crippen MR) is 120 cm³/mol. The first-order chi connectivity index (χ1) is 14.0. The zero-order chi connectivity index (χ0) is 20.4. The predicted octanol–water partition coefficient (Wildman–Crippen LogP) is 6.52. The molecule has 1 aliphatic heterocycles. The third-order valence-electron chi connectivity index (χ3n) is 4.13. The molecule has 0 saturated carbocycles. The molecule has 29 heavy (non-hydrogen) atoms. The van der Waals surface area contributed by atoms with Gasteiger partial charge in [0.1, 0.15) is 5.82 Å². The Morgan fingerprint density at radius 2 is 2.00 bits per heavy atom. The van der Waals surface area contributed by atoms with Gasteiger partial charge >= 0.3 is 0 Å². The van der Waals surface area contributed by atoms with Gasteiger partial charge in [0.25, 0.3) is 5.91 Å². The molecule has 1 aromatic heterocycles.